The highest BCUT2D eigenvalue weighted by atomic mass is 16.5. The van der Waals surface area contributed by atoms with Gasteiger partial charge >= 0.3 is 0 Å². The maximum atomic E-state index is 12.3. The van der Waals surface area contributed by atoms with Gasteiger partial charge in [-0.1, -0.05) is 6.08 Å². The van der Waals surface area contributed by atoms with Crippen LogP contribution in [0.1, 0.15) is 5.56 Å². The van der Waals surface area contributed by atoms with Gasteiger partial charge in [0.1, 0.15) is 11.3 Å². The van der Waals surface area contributed by atoms with Crippen LogP contribution in [0.4, 0.5) is 5.69 Å². The predicted octanol–water partition coefficient (Wildman–Crippen LogP) is 2.77. The first-order valence-electron chi connectivity index (χ1n) is 7.66. The fraction of sp³-hybridized carbons (Fsp3) is 0.105. The largest absolute Gasteiger partial charge is 0.498 e. The molecule has 0 N–H and O–H groups in total. The average molecular weight is 315 g/mol. The van der Waals surface area contributed by atoms with Crippen LogP contribution >= 0.6 is 0 Å². The Balaban J connectivity index is 1.97. The summed E-state index contributed by atoms with van der Waals surface area (Å²) in [4.78, 5) is 23.1. The Bertz CT molecular complexity index is 1030. The van der Waals surface area contributed by atoms with Crippen LogP contribution in [0.5, 0.6) is 0 Å². The van der Waals surface area contributed by atoms with Gasteiger partial charge in [0, 0.05) is 29.4 Å². The van der Waals surface area contributed by atoms with Gasteiger partial charge in [-0.3, -0.25) is 14.8 Å². The summed E-state index contributed by atoms with van der Waals surface area (Å²) in [7, 11) is 1.60. The van der Waals surface area contributed by atoms with Crippen LogP contribution in [-0.4, -0.2) is 28.4 Å². The highest BCUT2D eigenvalue weighted by Crippen LogP contribution is 2.52. The van der Waals surface area contributed by atoms with E-state index in [4.69, 9.17) is 4.74 Å². The number of methoxy groups -OCH3 is 1. The van der Waals surface area contributed by atoms with Gasteiger partial charge in [0.2, 0.25) is 0 Å². The van der Waals surface area contributed by atoms with E-state index in [0.29, 0.717) is 5.76 Å². The summed E-state index contributed by atoms with van der Waals surface area (Å²) in [5.74, 6) is 0.530. The van der Waals surface area contributed by atoms with Crippen molar-refractivity contribution >= 4 is 27.9 Å². The Morgan fingerprint density at radius 1 is 1.21 bits per heavy atom. The molecule has 4 heterocycles. The van der Waals surface area contributed by atoms with Crippen LogP contribution in [0, 0.1) is 0 Å². The first-order chi connectivity index (χ1) is 11.8. The molecule has 1 atom stereocenters. The number of hydrogen-bond acceptors (Lipinski definition) is 5. The minimum atomic E-state index is -0.665. The topological polar surface area (TPSA) is 55.3 Å². The van der Waals surface area contributed by atoms with Gasteiger partial charge in [-0.05, 0) is 29.9 Å². The molecule has 0 aromatic carbocycles. The first kappa shape index (κ1) is 13.2. The number of carbonyl (C=O) groups excluding carboxylic acids is 1. The summed E-state index contributed by atoms with van der Waals surface area (Å²) < 4.78 is 5.64. The third-order valence-corrected chi connectivity index (χ3v) is 4.81. The lowest BCUT2D eigenvalue weighted by Gasteiger charge is -2.49. The van der Waals surface area contributed by atoms with Crippen molar-refractivity contribution in [2.75, 3.05) is 12.0 Å². The van der Waals surface area contributed by atoms with Crippen molar-refractivity contribution in [2.45, 2.75) is 5.54 Å². The number of pyridine rings is 2. The van der Waals surface area contributed by atoms with Crippen LogP contribution in [0.25, 0.3) is 16.5 Å². The number of fused-ring (bicyclic) bond motifs is 2. The Labute approximate surface area is 138 Å². The van der Waals surface area contributed by atoms with Crippen molar-refractivity contribution in [2.24, 2.45) is 0 Å². The lowest BCUT2D eigenvalue weighted by molar-refractivity contribution is -0.110. The molecule has 0 bridgehead atoms. The van der Waals surface area contributed by atoms with E-state index in [1.165, 1.54) is 0 Å². The van der Waals surface area contributed by atoms with E-state index in [2.05, 4.69) is 20.9 Å². The molecule has 2 aliphatic heterocycles. The summed E-state index contributed by atoms with van der Waals surface area (Å²) in [5, 5.41) is 1.000. The van der Waals surface area contributed by atoms with Crippen LogP contribution in [-0.2, 0) is 9.53 Å². The highest BCUT2D eigenvalue weighted by molar-refractivity contribution is 6.16. The molecule has 0 saturated carbocycles. The molecule has 1 aliphatic carbocycles. The maximum absolute atomic E-state index is 12.3. The number of ketones is 1. The van der Waals surface area contributed by atoms with Crippen molar-refractivity contribution < 1.29 is 9.53 Å². The molecule has 1 unspecified atom stereocenters. The third-order valence-electron chi connectivity index (χ3n) is 4.81. The second kappa shape index (κ2) is 4.41. The van der Waals surface area contributed by atoms with Gasteiger partial charge in [-0.25, -0.2) is 0 Å². The zero-order valence-electron chi connectivity index (χ0n) is 12.9. The van der Waals surface area contributed by atoms with Gasteiger partial charge in [0.05, 0.1) is 30.7 Å². The standard InChI is InChI=1S/C19H13N3O2/c1-24-17-9-12(23)8-14-13-4-6-21-15-10-20-11-16(18(13)15)22-7-3-2-5-19(14,17)22/h2-11H,1H3. The van der Waals surface area contributed by atoms with Gasteiger partial charge in [0.15, 0.2) is 5.78 Å². The molecule has 1 spiro atoms. The van der Waals surface area contributed by atoms with Gasteiger partial charge in [-0.15, -0.1) is 0 Å². The Kier molecular flexibility index (Phi) is 2.44. The van der Waals surface area contributed by atoms with Crippen molar-refractivity contribution in [3.8, 4) is 0 Å². The lowest BCUT2D eigenvalue weighted by atomic mass is 9.73. The summed E-state index contributed by atoms with van der Waals surface area (Å²) in [6.07, 6.45) is 16.6. The van der Waals surface area contributed by atoms with Crippen LogP contribution < -0.4 is 4.90 Å². The molecule has 0 radical (unpaired) electrons. The third kappa shape index (κ3) is 1.42. The van der Waals surface area contributed by atoms with E-state index in [1.807, 2.05) is 30.6 Å². The van der Waals surface area contributed by atoms with Crippen molar-refractivity contribution in [3.05, 3.63) is 72.6 Å². The summed E-state index contributed by atoms with van der Waals surface area (Å²) in [6.45, 7) is 0. The van der Waals surface area contributed by atoms with Crippen LogP contribution in [0.3, 0.4) is 0 Å². The normalized spacial score (nSPS) is 23.5. The average Bonchev–Trinajstić information content (AvgIpc) is 2.62. The molecular weight excluding hydrogens is 302 g/mol. The number of nitrogens with zero attached hydrogens (tertiary/aromatic N) is 3. The number of rotatable bonds is 1. The van der Waals surface area contributed by atoms with E-state index < -0.39 is 5.54 Å². The lowest BCUT2D eigenvalue weighted by Crippen LogP contribution is -2.52. The number of anilines is 1. The second-order valence-electron chi connectivity index (χ2n) is 5.92. The zero-order chi connectivity index (χ0) is 16.3. The highest BCUT2D eigenvalue weighted by Gasteiger charge is 2.50. The number of ether oxygens (including phenoxy) is 1. The molecule has 2 aromatic heterocycles. The fourth-order valence-electron chi connectivity index (χ4n) is 3.88. The number of aromatic nitrogens is 2. The molecule has 0 saturated heterocycles. The van der Waals surface area contributed by atoms with E-state index >= 15 is 0 Å². The van der Waals surface area contributed by atoms with E-state index in [-0.39, 0.29) is 5.78 Å². The molecule has 0 fully saturated rings. The number of allylic oxidation sites excluding steroid dienone is 4. The Morgan fingerprint density at radius 3 is 3.00 bits per heavy atom. The van der Waals surface area contributed by atoms with Crippen molar-refractivity contribution in [1.29, 1.82) is 0 Å². The van der Waals surface area contributed by atoms with Gasteiger partial charge in [-0.2, -0.15) is 0 Å². The molecule has 24 heavy (non-hydrogen) atoms. The van der Waals surface area contributed by atoms with Gasteiger partial charge < -0.3 is 9.64 Å². The number of hydrogen-bond donors (Lipinski definition) is 0. The number of carbonyl (C=O) groups is 1. The smallest absolute Gasteiger partial charge is 0.182 e. The molecule has 2 aromatic rings. The van der Waals surface area contributed by atoms with Crippen molar-refractivity contribution in [1.82, 2.24) is 9.97 Å². The monoisotopic (exact) mass is 315 g/mol. The van der Waals surface area contributed by atoms with E-state index in [1.54, 1.807) is 31.7 Å². The fourth-order valence-corrected chi connectivity index (χ4v) is 3.88. The quantitative estimate of drug-likeness (QED) is 0.810. The van der Waals surface area contributed by atoms with E-state index in [9.17, 15) is 4.79 Å². The second-order valence-corrected chi connectivity index (χ2v) is 5.92. The molecule has 5 nitrogen and oxygen atoms in total. The van der Waals surface area contributed by atoms with Crippen molar-refractivity contribution in [3.63, 3.8) is 0 Å². The zero-order valence-corrected chi connectivity index (χ0v) is 12.9. The molecule has 5 heteroatoms. The predicted molar refractivity (Wildman–Crippen MR) is 91.1 cm³/mol. The molecule has 5 rings (SSSR count). The minimum Gasteiger partial charge on any atom is -0.498 e. The summed E-state index contributed by atoms with van der Waals surface area (Å²) in [5.41, 5.74) is 2.99. The van der Waals surface area contributed by atoms with Crippen LogP contribution in [0.2, 0.25) is 0 Å². The Hall–Kier alpha value is -3.21. The van der Waals surface area contributed by atoms with Crippen LogP contribution in [0.15, 0.2) is 67.0 Å². The summed E-state index contributed by atoms with van der Waals surface area (Å²) >= 11 is 0. The SMILES string of the molecule is COC1=CC(=O)C=C2c3ccnc4cncc(c34)N3C=CC=CC123. The molecule has 3 aliphatic rings. The maximum Gasteiger partial charge on any atom is 0.182 e. The minimum absolute atomic E-state index is 0.0714. The van der Waals surface area contributed by atoms with Gasteiger partial charge in [0.25, 0.3) is 0 Å². The van der Waals surface area contributed by atoms with E-state index in [0.717, 1.165) is 27.7 Å². The Morgan fingerprint density at radius 2 is 2.12 bits per heavy atom. The molecular formula is C19H13N3O2. The summed E-state index contributed by atoms with van der Waals surface area (Å²) in [6, 6.07) is 1.95. The molecule has 0 amide bonds. The first-order valence-corrected chi connectivity index (χ1v) is 7.66. The molecule has 116 valence electrons.